The second-order valence-corrected chi connectivity index (χ2v) is 7.04. The molecule has 2 unspecified atom stereocenters. The molecular formula is C18H25FN2O2. The summed E-state index contributed by atoms with van der Waals surface area (Å²) in [7, 11) is 0. The van der Waals surface area contributed by atoms with Gasteiger partial charge < -0.3 is 15.4 Å². The molecule has 0 radical (unpaired) electrons. The lowest BCUT2D eigenvalue weighted by Crippen LogP contribution is -2.40. The Labute approximate surface area is 136 Å². The molecule has 2 saturated heterocycles. The van der Waals surface area contributed by atoms with E-state index in [9.17, 15) is 9.18 Å². The van der Waals surface area contributed by atoms with E-state index < -0.39 is 0 Å². The van der Waals surface area contributed by atoms with E-state index in [0.717, 1.165) is 12.0 Å². The summed E-state index contributed by atoms with van der Waals surface area (Å²) in [4.78, 5) is 14.7. The van der Waals surface area contributed by atoms with Crippen LogP contribution in [0.3, 0.4) is 0 Å². The van der Waals surface area contributed by atoms with E-state index in [1.165, 1.54) is 12.1 Å². The number of rotatable bonds is 3. The van der Waals surface area contributed by atoms with Crippen LogP contribution in [0.25, 0.3) is 0 Å². The molecule has 23 heavy (non-hydrogen) atoms. The molecule has 2 heterocycles. The highest BCUT2D eigenvalue weighted by molar-refractivity contribution is 5.80. The molecule has 126 valence electrons. The maximum atomic E-state index is 13.5. The molecule has 0 bridgehead atoms. The number of amides is 1. The molecule has 1 amide bonds. The van der Waals surface area contributed by atoms with Gasteiger partial charge in [-0.1, -0.05) is 26.0 Å². The number of carbonyl (C=O) groups is 1. The first-order valence-corrected chi connectivity index (χ1v) is 8.39. The summed E-state index contributed by atoms with van der Waals surface area (Å²) in [6.45, 7) is 5.90. The summed E-state index contributed by atoms with van der Waals surface area (Å²) in [6, 6.07) is 6.38. The van der Waals surface area contributed by atoms with Crippen LogP contribution < -0.4 is 5.73 Å². The van der Waals surface area contributed by atoms with Crippen molar-refractivity contribution in [3.8, 4) is 0 Å². The van der Waals surface area contributed by atoms with Gasteiger partial charge in [-0.05, 0) is 30.0 Å². The van der Waals surface area contributed by atoms with Gasteiger partial charge in [0, 0.05) is 31.7 Å². The van der Waals surface area contributed by atoms with Crippen molar-refractivity contribution in [1.82, 2.24) is 4.90 Å². The van der Waals surface area contributed by atoms with Crippen LogP contribution in [0.1, 0.15) is 31.7 Å². The first kappa shape index (κ1) is 16.4. The molecule has 4 atom stereocenters. The lowest BCUT2D eigenvalue weighted by Gasteiger charge is -2.26. The standard InChI is InChI=1S/C18H25FN2O2/c1-11(2)17-14(6-7-23-17)18(22)21-9-15(16(20)10-21)12-4-3-5-13(19)8-12/h3-5,8,11,14-17H,6-7,9-10,20H2,1-2H3/t14?,15-,16+,17?/m0/s1. The van der Waals surface area contributed by atoms with E-state index in [1.807, 2.05) is 11.0 Å². The van der Waals surface area contributed by atoms with Crippen LogP contribution in [0.15, 0.2) is 24.3 Å². The quantitative estimate of drug-likeness (QED) is 0.928. The minimum atomic E-state index is -0.261. The maximum Gasteiger partial charge on any atom is 0.228 e. The third kappa shape index (κ3) is 3.26. The van der Waals surface area contributed by atoms with Gasteiger partial charge in [-0.25, -0.2) is 4.39 Å². The number of halogens is 1. The summed E-state index contributed by atoms with van der Waals surface area (Å²) in [6.07, 6.45) is 0.768. The van der Waals surface area contributed by atoms with Gasteiger partial charge >= 0.3 is 0 Å². The number of hydrogen-bond donors (Lipinski definition) is 1. The molecule has 2 aliphatic rings. The van der Waals surface area contributed by atoms with Gasteiger partial charge in [-0.15, -0.1) is 0 Å². The normalized spacial score (nSPS) is 31.1. The lowest BCUT2D eigenvalue weighted by atomic mass is 9.92. The smallest absolute Gasteiger partial charge is 0.228 e. The Hall–Kier alpha value is -1.46. The average Bonchev–Trinajstić information content (AvgIpc) is 3.13. The van der Waals surface area contributed by atoms with Crippen LogP contribution in [-0.4, -0.2) is 42.6 Å². The van der Waals surface area contributed by atoms with Gasteiger partial charge in [0.05, 0.1) is 12.0 Å². The van der Waals surface area contributed by atoms with E-state index in [0.29, 0.717) is 25.6 Å². The zero-order chi connectivity index (χ0) is 16.6. The Morgan fingerprint density at radius 2 is 2.17 bits per heavy atom. The minimum Gasteiger partial charge on any atom is -0.377 e. The minimum absolute atomic E-state index is 0.00512. The maximum absolute atomic E-state index is 13.5. The van der Waals surface area contributed by atoms with Gasteiger partial charge in [-0.2, -0.15) is 0 Å². The number of nitrogens with two attached hydrogens (primary N) is 1. The predicted molar refractivity (Wildman–Crippen MR) is 86.4 cm³/mol. The second kappa shape index (κ2) is 6.57. The number of carbonyl (C=O) groups excluding carboxylic acids is 1. The molecule has 1 aromatic carbocycles. The highest BCUT2D eigenvalue weighted by Crippen LogP contribution is 2.32. The molecule has 2 N–H and O–H groups in total. The number of hydrogen-bond acceptors (Lipinski definition) is 3. The van der Waals surface area contributed by atoms with Crippen molar-refractivity contribution in [3.05, 3.63) is 35.6 Å². The number of nitrogens with zero attached hydrogens (tertiary/aromatic N) is 1. The van der Waals surface area contributed by atoms with Crippen LogP contribution in [-0.2, 0) is 9.53 Å². The van der Waals surface area contributed by atoms with E-state index in [2.05, 4.69) is 13.8 Å². The highest BCUT2D eigenvalue weighted by Gasteiger charge is 2.42. The first-order chi connectivity index (χ1) is 11.0. The third-order valence-electron chi connectivity index (χ3n) is 5.06. The van der Waals surface area contributed by atoms with E-state index in [4.69, 9.17) is 10.5 Å². The van der Waals surface area contributed by atoms with Crippen molar-refractivity contribution in [2.75, 3.05) is 19.7 Å². The third-order valence-corrected chi connectivity index (χ3v) is 5.06. The Bertz CT molecular complexity index is 578. The van der Waals surface area contributed by atoms with Gasteiger partial charge in [0.25, 0.3) is 0 Å². The molecule has 0 aliphatic carbocycles. The molecule has 4 nitrogen and oxygen atoms in total. The summed E-state index contributed by atoms with van der Waals surface area (Å²) in [5.74, 6) is 0.115. The van der Waals surface area contributed by atoms with Crippen LogP contribution in [0.2, 0.25) is 0 Å². The summed E-state index contributed by atoms with van der Waals surface area (Å²) >= 11 is 0. The Balaban J connectivity index is 1.72. The monoisotopic (exact) mass is 320 g/mol. The zero-order valence-electron chi connectivity index (χ0n) is 13.7. The fourth-order valence-corrected chi connectivity index (χ4v) is 3.87. The van der Waals surface area contributed by atoms with Gasteiger partial charge in [0.15, 0.2) is 0 Å². The van der Waals surface area contributed by atoms with Crippen LogP contribution >= 0.6 is 0 Å². The van der Waals surface area contributed by atoms with Crippen molar-refractivity contribution >= 4 is 5.91 Å². The Kier molecular flexibility index (Phi) is 4.69. The fourth-order valence-electron chi connectivity index (χ4n) is 3.87. The van der Waals surface area contributed by atoms with Crippen LogP contribution in [0.5, 0.6) is 0 Å². The van der Waals surface area contributed by atoms with Gasteiger partial charge in [0.2, 0.25) is 5.91 Å². The van der Waals surface area contributed by atoms with E-state index in [1.54, 1.807) is 6.07 Å². The van der Waals surface area contributed by atoms with Gasteiger partial charge in [-0.3, -0.25) is 4.79 Å². The number of benzene rings is 1. The molecule has 2 fully saturated rings. The van der Waals surface area contributed by atoms with Crippen molar-refractivity contribution in [2.45, 2.75) is 38.3 Å². The van der Waals surface area contributed by atoms with Crippen LogP contribution in [0.4, 0.5) is 4.39 Å². The van der Waals surface area contributed by atoms with Crippen molar-refractivity contribution < 1.29 is 13.9 Å². The zero-order valence-corrected chi connectivity index (χ0v) is 13.7. The SMILES string of the molecule is CC(C)C1OCCC1C(=O)N1C[C@@H](N)[C@H](c2cccc(F)c2)C1. The van der Waals surface area contributed by atoms with Gasteiger partial charge in [0.1, 0.15) is 5.82 Å². The van der Waals surface area contributed by atoms with Crippen molar-refractivity contribution in [3.63, 3.8) is 0 Å². The van der Waals surface area contributed by atoms with Crippen LogP contribution in [0, 0.1) is 17.7 Å². The number of likely N-dealkylation sites (tertiary alicyclic amines) is 1. The molecular weight excluding hydrogens is 295 g/mol. The fraction of sp³-hybridized carbons (Fsp3) is 0.611. The molecule has 5 heteroatoms. The predicted octanol–water partition coefficient (Wildman–Crippen LogP) is 2.14. The van der Waals surface area contributed by atoms with E-state index in [-0.39, 0.29) is 35.7 Å². The molecule has 2 aliphatic heterocycles. The lowest BCUT2D eigenvalue weighted by molar-refractivity contribution is -0.137. The number of ether oxygens (including phenoxy) is 1. The Morgan fingerprint density at radius 3 is 2.87 bits per heavy atom. The molecule has 0 saturated carbocycles. The Morgan fingerprint density at radius 1 is 1.39 bits per heavy atom. The highest BCUT2D eigenvalue weighted by atomic mass is 19.1. The summed E-state index contributed by atoms with van der Waals surface area (Å²) in [5, 5.41) is 0. The molecule has 0 aromatic heterocycles. The van der Waals surface area contributed by atoms with E-state index >= 15 is 0 Å². The molecule has 0 spiro atoms. The summed E-state index contributed by atoms with van der Waals surface area (Å²) in [5.41, 5.74) is 7.11. The van der Waals surface area contributed by atoms with Crippen molar-refractivity contribution in [2.24, 2.45) is 17.6 Å². The first-order valence-electron chi connectivity index (χ1n) is 8.39. The largest absolute Gasteiger partial charge is 0.377 e. The average molecular weight is 320 g/mol. The molecule has 1 aromatic rings. The van der Waals surface area contributed by atoms with Crippen molar-refractivity contribution in [1.29, 1.82) is 0 Å². The molecule has 3 rings (SSSR count). The summed E-state index contributed by atoms with van der Waals surface area (Å²) < 4.78 is 19.2. The topological polar surface area (TPSA) is 55.6 Å². The second-order valence-electron chi connectivity index (χ2n) is 7.04.